The van der Waals surface area contributed by atoms with Crippen molar-refractivity contribution in [3.63, 3.8) is 0 Å². The van der Waals surface area contributed by atoms with Gasteiger partial charge in [-0.15, -0.1) is 0 Å². The van der Waals surface area contributed by atoms with Crippen LogP contribution < -0.4 is 0 Å². The first-order chi connectivity index (χ1) is 51.6. The summed E-state index contributed by atoms with van der Waals surface area (Å²) in [5.74, 6) is 0. The number of hydrogen-bond donors (Lipinski definition) is 0. The van der Waals surface area contributed by atoms with Crippen molar-refractivity contribution in [2.75, 3.05) is 0 Å². The highest BCUT2D eigenvalue weighted by molar-refractivity contribution is 6.17. The molecule has 0 bridgehead atoms. The number of para-hydroxylation sites is 8. The minimum atomic E-state index is 0.602. The first kappa shape index (κ1) is 57.6. The van der Waals surface area contributed by atoms with Gasteiger partial charge in [-0.3, -0.25) is 4.98 Å². The van der Waals surface area contributed by atoms with E-state index in [2.05, 4.69) is 361 Å². The van der Waals surface area contributed by atoms with Gasteiger partial charge in [0, 0.05) is 128 Å². The maximum Gasteiger partial charge on any atom is 0.0991 e. The standard InChI is InChI=1S/C96H58N8/c97-57-60-33-35-63(36-34-60)96-82(61-37-41-64(42-38-61)99-92-49-45-66(101-84-25-9-1-17-70(84)71-18-2-10-26-85(71)101)53-78(92)79-54-67(46-50-93(79)99)102-86-27-11-3-19-72(86)73-20-4-12-28-87(73)102)58-98-59-83(96)62-39-43-65(44-40-62)100-94-51-47-68(103-88-29-13-5-21-74(88)75-22-6-14-30-89(75)103)55-80(94)81-56-69(48-52-95(81)100)104-90-31-15-7-23-76(90)77-24-8-16-32-91(77)104/h1-56,58-59H. The number of pyridine rings is 1. The van der Waals surface area contributed by atoms with E-state index in [4.69, 9.17) is 4.98 Å². The van der Waals surface area contributed by atoms with Gasteiger partial charge in [0.15, 0.2) is 0 Å². The number of nitriles is 1. The summed E-state index contributed by atoms with van der Waals surface area (Å²) in [4.78, 5) is 5.06. The monoisotopic (exact) mass is 1320 g/mol. The number of benzene rings is 15. The highest BCUT2D eigenvalue weighted by Crippen LogP contribution is 2.46. The van der Waals surface area contributed by atoms with Crippen molar-refractivity contribution in [2.45, 2.75) is 0 Å². The summed E-state index contributed by atoms with van der Waals surface area (Å²) in [5, 5.41) is 24.6. The van der Waals surface area contributed by atoms with Crippen molar-refractivity contribution in [1.29, 1.82) is 5.26 Å². The van der Waals surface area contributed by atoms with Crippen molar-refractivity contribution in [1.82, 2.24) is 32.4 Å². The Morgan fingerprint density at radius 1 is 0.202 bits per heavy atom. The van der Waals surface area contributed by atoms with Gasteiger partial charge < -0.3 is 27.4 Å². The van der Waals surface area contributed by atoms with Crippen LogP contribution in [0.3, 0.4) is 0 Å². The Balaban J connectivity index is 0.687. The van der Waals surface area contributed by atoms with Gasteiger partial charge in [0.2, 0.25) is 0 Å². The molecule has 7 heterocycles. The number of nitrogens with zero attached hydrogens (tertiary/aromatic N) is 8. The molecule has 0 fully saturated rings. The second kappa shape index (κ2) is 22.4. The van der Waals surface area contributed by atoms with Gasteiger partial charge in [-0.05, 0) is 174 Å². The number of rotatable bonds is 9. The van der Waals surface area contributed by atoms with E-state index in [0.29, 0.717) is 5.56 Å². The topological polar surface area (TPSA) is 66.3 Å². The summed E-state index contributed by atoms with van der Waals surface area (Å²) >= 11 is 0. The predicted octanol–water partition coefficient (Wildman–Crippen LogP) is 24.5. The summed E-state index contributed by atoms with van der Waals surface area (Å²) in [6, 6.07) is 126. The Kier molecular flexibility index (Phi) is 12.4. The molecule has 0 amide bonds. The van der Waals surface area contributed by atoms with Crippen LogP contribution in [0.1, 0.15) is 5.56 Å². The maximum atomic E-state index is 10.1. The predicted molar refractivity (Wildman–Crippen MR) is 431 cm³/mol. The fourth-order valence-corrected chi connectivity index (χ4v) is 17.4. The Hall–Kier alpha value is -14.3. The molecule has 22 rings (SSSR count). The quantitative estimate of drug-likeness (QED) is 0.145. The van der Waals surface area contributed by atoms with Crippen LogP contribution in [0.5, 0.6) is 0 Å². The third-order valence-electron chi connectivity index (χ3n) is 21.9. The van der Waals surface area contributed by atoms with Gasteiger partial charge in [-0.2, -0.15) is 5.26 Å². The zero-order chi connectivity index (χ0) is 68.3. The van der Waals surface area contributed by atoms with E-state index in [9.17, 15) is 5.26 Å². The van der Waals surface area contributed by atoms with Crippen molar-refractivity contribution >= 4 is 131 Å². The Labute approximate surface area is 596 Å². The molecule has 0 aliphatic heterocycles. The van der Waals surface area contributed by atoms with E-state index < -0.39 is 0 Å². The molecular weight excluding hydrogens is 1270 g/mol. The lowest BCUT2D eigenvalue weighted by molar-refractivity contribution is 1.16. The molecule has 0 radical (unpaired) electrons. The lowest BCUT2D eigenvalue weighted by Crippen LogP contribution is -1.97. The molecule has 0 saturated heterocycles. The lowest BCUT2D eigenvalue weighted by Gasteiger charge is -2.17. The van der Waals surface area contributed by atoms with Gasteiger partial charge in [-0.25, -0.2) is 0 Å². The van der Waals surface area contributed by atoms with E-state index in [1.165, 1.54) is 87.2 Å². The maximum absolute atomic E-state index is 10.1. The van der Waals surface area contributed by atoms with E-state index in [0.717, 1.165) is 111 Å². The molecule has 0 N–H and O–H groups in total. The SMILES string of the molecule is N#Cc1ccc(-c2c(-c3ccc(-n4c5ccc(-n6c7ccccc7c7ccccc76)cc5c5cc(-n6c7ccccc7c7ccccc76)ccc54)cc3)cncc2-c2ccc(-n3c4ccc(-n5c6ccccc6c6ccccc65)cc4c4cc(-n5c6ccccc6c6ccccc65)ccc43)cc2)cc1. The smallest absolute Gasteiger partial charge is 0.0991 e. The highest BCUT2D eigenvalue weighted by atomic mass is 15.0. The van der Waals surface area contributed by atoms with Gasteiger partial charge in [0.1, 0.15) is 0 Å². The van der Waals surface area contributed by atoms with E-state index in [-0.39, 0.29) is 0 Å². The third kappa shape index (κ3) is 8.44. The molecule has 0 aliphatic rings. The van der Waals surface area contributed by atoms with Gasteiger partial charge in [0.25, 0.3) is 0 Å². The Morgan fingerprint density at radius 3 is 0.663 bits per heavy atom. The molecule has 8 heteroatoms. The largest absolute Gasteiger partial charge is 0.309 e. The second-order valence-electron chi connectivity index (χ2n) is 27.3. The number of aromatic nitrogens is 7. The van der Waals surface area contributed by atoms with Gasteiger partial charge in [0.05, 0.1) is 77.8 Å². The van der Waals surface area contributed by atoms with Crippen LogP contribution in [0, 0.1) is 11.3 Å². The Bertz CT molecular complexity index is 6440. The van der Waals surface area contributed by atoms with Crippen LogP contribution in [0.25, 0.3) is 198 Å². The normalized spacial score (nSPS) is 12.0. The molecule has 104 heavy (non-hydrogen) atoms. The summed E-state index contributed by atoms with van der Waals surface area (Å²) in [6.07, 6.45) is 3.99. The average molecular weight is 1320 g/mol. The van der Waals surface area contributed by atoms with Crippen molar-refractivity contribution in [3.05, 3.63) is 358 Å². The van der Waals surface area contributed by atoms with Crippen LogP contribution in [0.4, 0.5) is 0 Å². The summed E-state index contributed by atoms with van der Waals surface area (Å²) in [5.41, 5.74) is 26.9. The van der Waals surface area contributed by atoms with E-state index in [1.807, 2.05) is 24.5 Å². The molecule has 0 unspecified atom stereocenters. The molecule has 0 atom stereocenters. The molecule has 0 spiro atoms. The molecule has 15 aromatic carbocycles. The highest BCUT2D eigenvalue weighted by Gasteiger charge is 2.24. The fourth-order valence-electron chi connectivity index (χ4n) is 17.4. The summed E-state index contributed by atoms with van der Waals surface area (Å²) in [7, 11) is 0. The molecule has 0 saturated carbocycles. The van der Waals surface area contributed by atoms with Crippen LogP contribution in [-0.2, 0) is 0 Å². The molecular formula is C96H58N8. The Morgan fingerprint density at radius 2 is 0.413 bits per heavy atom. The van der Waals surface area contributed by atoms with Crippen LogP contribution in [-0.4, -0.2) is 32.4 Å². The lowest BCUT2D eigenvalue weighted by atomic mass is 9.89. The second-order valence-corrected chi connectivity index (χ2v) is 27.3. The minimum absolute atomic E-state index is 0.602. The third-order valence-corrected chi connectivity index (χ3v) is 21.9. The first-order valence-electron chi connectivity index (χ1n) is 35.4. The molecule has 8 nitrogen and oxygen atoms in total. The van der Waals surface area contributed by atoms with Crippen molar-refractivity contribution in [3.8, 4) is 73.6 Å². The average Bonchev–Trinajstić information content (AvgIpc) is 1.59. The van der Waals surface area contributed by atoms with Crippen molar-refractivity contribution in [2.24, 2.45) is 0 Å². The number of fused-ring (bicyclic) bond motifs is 18. The molecule has 22 aromatic rings. The van der Waals surface area contributed by atoms with Crippen molar-refractivity contribution < 1.29 is 0 Å². The summed E-state index contributed by atoms with van der Waals surface area (Å²) in [6.45, 7) is 0. The molecule has 0 aliphatic carbocycles. The molecule has 482 valence electrons. The van der Waals surface area contributed by atoms with Gasteiger partial charge in [-0.1, -0.05) is 182 Å². The zero-order valence-electron chi connectivity index (χ0n) is 56.1. The van der Waals surface area contributed by atoms with Crippen LogP contribution in [0.2, 0.25) is 0 Å². The summed E-state index contributed by atoms with van der Waals surface area (Å²) < 4.78 is 14.5. The van der Waals surface area contributed by atoms with Crippen LogP contribution >= 0.6 is 0 Å². The minimum Gasteiger partial charge on any atom is -0.309 e. The van der Waals surface area contributed by atoms with Gasteiger partial charge >= 0.3 is 0 Å². The number of hydrogen-bond acceptors (Lipinski definition) is 2. The van der Waals surface area contributed by atoms with Crippen LogP contribution in [0.15, 0.2) is 352 Å². The zero-order valence-corrected chi connectivity index (χ0v) is 56.1. The van der Waals surface area contributed by atoms with E-state index >= 15 is 0 Å². The van der Waals surface area contributed by atoms with E-state index in [1.54, 1.807) is 0 Å². The fraction of sp³-hybridized carbons (Fsp3) is 0. The molecule has 7 aromatic heterocycles. The first-order valence-corrected chi connectivity index (χ1v) is 35.4.